The van der Waals surface area contributed by atoms with Crippen molar-refractivity contribution < 1.29 is 13.2 Å². The van der Waals surface area contributed by atoms with E-state index in [0.29, 0.717) is 40.6 Å². The van der Waals surface area contributed by atoms with E-state index in [-0.39, 0.29) is 11.1 Å². The normalized spacial score (nSPS) is 14.3. The maximum atomic E-state index is 12.2. The number of aromatic nitrogens is 2. The van der Waals surface area contributed by atoms with Gasteiger partial charge in [0.2, 0.25) is 16.0 Å². The third kappa shape index (κ3) is 7.47. The van der Waals surface area contributed by atoms with Crippen molar-refractivity contribution >= 4 is 61.8 Å². The van der Waals surface area contributed by atoms with Gasteiger partial charge in [0, 0.05) is 38.3 Å². The Hall–Kier alpha value is -3.48. The highest BCUT2D eigenvalue weighted by atomic mass is 35.5. The Balaban J connectivity index is 1.64. The highest BCUT2D eigenvalue weighted by Gasteiger charge is 2.24. The Morgan fingerprint density at radius 1 is 1.05 bits per heavy atom. The summed E-state index contributed by atoms with van der Waals surface area (Å²) in [5.41, 5.74) is 3.76. The summed E-state index contributed by atoms with van der Waals surface area (Å²) in [6.45, 7) is 6.13. The lowest BCUT2D eigenvalue weighted by molar-refractivity contribution is 0.249. The van der Waals surface area contributed by atoms with Gasteiger partial charge in [0.25, 0.3) is 0 Å². The molecule has 1 aromatic heterocycles. The van der Waals surface area contributed by atoms with Gasteiger partial charge < -0.3 is 30.5 Å². The van der Waals surface area contributed by atoms with Gasteiger partial charge in [0.1, 0.15) is 10.8 Å². The number of methoxy groups -OCH3 is 1. The number of halogens is 1. The van der Waals surface area contributed by atoms with Crippen molar-refractivity contribution in [1.82, 2.24) is 14.9 Å². The van der Waals surface area contributed by atoms with Gasteiger partial charge in [-0.25, -0.2) is 13.4 Å². The van der Waals surface area contributed by atoms with Crippen LogP contribution >= 0.6 is 11.6 Å². The van der Waals surface area contributed by atoms with Gasteiger partial charge in [-0.05, 0) is 59.0 Å². The lowest BCUT2D eigenvalue weighted by Gasteiger charge is -2.37. The molecule has 13 heteroatoms. The highest BCUT2D eigenvalue weighted by molar-refractivity contribution is 7.92. The van der Waals surface area contributed by atoms with E-state index >= 15 is 0 Å². The number of hydrogen-bond donors (Lipinski definition) is 3. The third-order valence-corrected chi connectivity index (χ3v) is 8.75. The minimum atomic E-state index is -3.48. The Labute approximate surface area is 254 Å². The second-order valence-electron chi connectivity index (χ2n) is 10.9. The molecule has 228 valence electrons. The number of sulfonamides is 1. The summed E-state index contributed by atoms with van der Waals surface area (Å²) in [4.78, 5) is 13.7. The molecule has 0 radical (unpaired) electrons. The molecule has 1 aliphatic rings. The first-order valence-corrected chi connectivity index (χ1v) is 16.1. The molecule has 0 spiro atoms. The molecule has 0 saturated carbocycles. The Kier molecular flexibility index (Phi) is 9.90. The SMILES string of the molecule is COc1cc(N2CCC(N(C)C)CC2)c(NC(C)C)cc1Nc1ncc(Cl)c(Nc2ccccc2N(C)S(C)(=O)=O)n1. The number of nitrogens with zero attached hydrogens (tertiary/aromatic N) is 5. The Morgan fingerprint density at radius 3 is 2.36 bits per heavy atom. The van der Waals surface area contributed by atoms with Crippen molar-refractivity contribution in [2.24, 2.45) is 0 Å². The fourth-order valence-corrected chi connectivity index (χ4v) is 5.60. The molecule has 2 heterocycles. The first-order valence-electron chi connectivity index (χ1n) is 13.9. The molecular formula is C29H41ClN8O3S. The van der Waals surface area contributed by atoms with E-state index in [2.05, 4.69) is 69.7 Å². The second-order valence-corrected chi connectivity index (χ2v) is 13.4. The van der Waals surface area contributed by atoms with Crippen LogP contribution in [0.5, 0.6) is 5.75 Å². The van der Waals surface area contributed by atoms with Crippen LogP contribution in [0.3, 0.4) is 0 Å². The summed E-state index contributed by atoms with van der Waals surface area (Å²) in [5, 5.41) is 10.3. The number of piperidine rings is 1. The minimum absolute atomic E-state index is 0.219. The number of rotatable bonds is 11. The van der Waals surface area contributed by atoms with Crippen LogP contribution in [0.4, 0.5) is 40.2 Å². The van der Waals surface area contributed by atoms with Crippen LogP contribution in [-0.4, -0.2) is 83.0 Å². The predicted octanol–water partition coefficient (Wildman–Crippen LogP) is 5.37. The van der Waals surface area contributed by atoms with E-state index in [9.17, 15) is 8.42 Å². The molecule has 4 rings (SSSR count). The summed E-state index contributed by atoms with van der Waals surface area (Å²) in [7, 11) is 3.94. The molecule has 11 nitrogen and oxygen atoms in total. The largest absolute Gasteiger partial charge is 0.494 e. The number of hydrogen-bond acceptors (Lipinski definition) is 10. The third-order valence-electron chi connectivity index (χ3n) is 7.28. The fourth-order valence-electron chi connectivity index (χ4n) is 4.94. The number of para-hydroxylation sites is 2. The number of benzene rings is 2. The zero-order chi connectivity index (χ0) is 30.6. The van der Waals surface area contributed by atoms with Crippen molar-refractivity contribution in [3.05, 3.63) is 47.6 Å². The summed E-state index contributed by atoms with van der Waals surface area (Å²) in [5.74, 6) is 1.27. The predicted molar refractivity (Wildman–Crippen MR) is 174 cm³/mol. The molecule has 1 fully saturated rings. The fraction of sp³-hybridized carbons (Fsp3) is 0.448. The molecule has 0 amide bonds. The minimum Gasteiger partial charge on any atom is -0.494 e. The summed E-state index contributed by atoms with van der Waals surface area (Å²) in [6, 6.07) is 11.9. The van der Waals surface area contributed by atoms with Gasteiger partial charge in [-0.2, -0.15) is 4.98 Å². The second kappa shape index (κ2) is 13.2. The van der Waals surface area contributed by atoms with Crippen LogP contribution in [0.15, 0.2) is 42.6 Å². The molecule has 42 heavy (non-hydrogen) atoms. The first-order chi connectivity index (χ1) is 19.9. The van der Waals surface area contributed by atoms with Gasteiger partial charge in [-0.15, -0.1) is 0 Å². The molecule has 1 aliphatic heterocycles. The van der Waals surface area contributed by atoms with E-state index in [4.69, 9.17) is 16.3 Å². The maximum Gasteiger partial charge on any atom is 0.232 e. The standard InChI is InChI=1S/C29H41ClN8O3S/c1-19(2)32-23-16-24(27(41-6)17-26(23)38-14-12-20(13-15-38)36(3)4)34-29-31-18-21(30)28(35-29)33-22-10-8-9-11-25(22)37(5)42(7,39)40/h8-11,16-20,32H,12-15H2,1-7H3,(H2,31,33,34,35). The average Bonchev–Trinajstić information content (AvgIpc) is 2.94. The van der Waals surface area contributed by atoms with Gasteiger partial charge in [-0.3, -0.25) is 4.31 Å². The van der Waals surface area contributed by atoms with Crippen molar-refractivity contribution in [1.29, 1.82) is 0 Å². The van der Waals surface area contributed by atoms with Crippen molar-refractivity contribution in [3.63, 3.8) is 0 Å². The van der Waals surface area contributed by atoms with Crippen LogP contribution in [-0.2, 0) is 10.0 Å². The quantitative estimate of drug-likeness (QED) is 0.260. The molecular weight excluding hydrogens is 576 g/mol. The lowest BCUT2D eigenvalue weighted by atomic mass is 10.0. The topological polar surface area (TPSA) is 115 Å². The van der Waals surface area contributed by atoms with E-state index in [1.165, 1.54) is 17.5 Å². The Morgan fingerprint density at radius 2 is 1.74 bits per heavy atom. The molecule has 3 N–H and O–H groups in total. The molecule has 0 unspecified atom stereocenters. The van der Waals surface area contributed by atoms with Crippen molar-refractivity contribution in [2.75, 3.05) is 72.8 Å². The summed E-state index contributed by atoms with van der Waals surface area (Å²) in [6.07, 6.45) is 4.82. The van der Waals surface area contributed by atoms with Crippen LogP contribution < -0.4 is 29.9 Å². The van der Waals surface area contributed by atoms with E-state index < -0.39 is 10.0 Å². The molecule has 0 atom stereocenters. The van der Waals surface area contributed by atoms with E-state index in [1.807, 2.05) is 6.07 Å². The van der Waals surface area contributed by atoms with Gasteiger partial charge in [0.05, 0.1) is 48.0 Å². The van der Waals surface area contributed by atoms with E-state index in [0.717, 1.165) is 43.6 Å². The monoisotopic (exact) mass is 616 g/mol. The van der Waals surface area contributed by atoms with Gasteiger partial charge in [-0.1, -0.05) is 23.7 Å². The Bertz CT molecular complexity index is 1490. The average molecular weight is 617 g/mol. The molecule has 0 aliphatic carbocycles. The zero-order valence-electron chi connectivity index (χ0n) is 25.3. The number of anilines is 7. The van der Waals surface area contributed by atoms with Crippen LogP contribution in [0.1, 0.15) is 26.7 Å². The smallest absolute Gasteiger partial charge is 0.232 e. The zero-order valence-corrected chi connectivity index (χ0v) is 26.8. The van der Waals surface area contributed by atoms with Gasteiger partial charge >= 0.3 is 0 Å². The van der Waals surface area contributed by atoms with Crippen molar-refractivity contribution in [2.45, 2.75) is 38.8 Å². The molecule has 2 aromatic carbocycles. The highest BCUT2D eigenvalue weighted by Crippen LogP contribution is 2.40. The van der Waals surface area contributed by atoms with Crippen LogP contribution in [0.2, 0.25) is 5.02 Å². The molecule has 1 saturated heterocycles. The van der Waals surface area contributed by atoms with Gasteiger partial charge in [0.15, 0.2) is 5.82 Å². The number of nitrogens with one attached hydrogen (secondary N) is 3. The van der Waals surface area contributed by atoms with Crippen molar-refractivity contribution in [3.8, 4) is 5.75 Å². The summed E-state index contributed by atoms with van der Waals surface area (Å²) >= 11 is 6.46. The van der Waals surface area contributed by atoms with E-state index in [1.54, 1.807) is 31.4 Å². The lowest BCUT2D eigenvalue weighted by Crippen LogP contribution is -2.42. The van der Waals surface area contributed by atoms with Crippen LogP contribution in [0.25, 0.3) is 0 Å². The van der Waals surface area contributed by atoms with Crippen LogP contribution in [0, 0.1) is 0 Å². The summed E-state index contributed by atoms with van der Waals surface area (Å²) < 4.78 is 31.4. The first kappa shape index (κ1) is 31.5. The maximum absolute atomic E-state index is 12.2. The molecule has 3 aromatic rings. The molecule has 0 bridgehead atoms. The number of ether oxygens (including phenoxy) is 1.